The summed E-state index contributed by atoms with van der Waals surface area (Å²) >= 11 is 0. The van der Waals surface area contributed by atoms with Crippen LogP contribution in [0, 0.1) is 5.92 Å². The molecule has 0 radical (unpaired) electrons. The maximum absolute atomic E-state index is 12.0. The Morgan fingerprint density at radius 3 is 2.50 bits per heavy atom. The van der Waals surface area contributed by atoms with Crippen LogP contribution in [0.25, 0.3) is 0 Å². The Morgan fingerprint density at radius 2 is 1.91 bits per heavy atom. The second kappa shape index (κ2) is 7.79. The third-order valence-corrected chi connectivity index (χ3v) is 4.02. The molecule has 6 nitrogen and oxygen atoms in total. The summed E-state index contributed by atoms with van der Waals surface area (Å²) in [7, 11) is 0. The van der Waals surface area contributed by atoms with Crippen molar-refractivity contribution in [2.45, 2.75) is 31.9 Å². The second-order valence-electron chi connectivity index (χ2n) is 5.63. The van der Waals surface area contributed by atoms with E-state index < -0.39 is 5.97 Å². The highest BCUT2D eigenvalue weighted by Gasteiger charge is 2.28. The zero-order valence-corrected chi connectivity index (χ0v) is 12.5. The van der Waals surface area contributed by atoms with Gasteiger partial charge in [0.15, 0.2) is 0 Å². The monoisotopic (exact) mass is 306 g/mol. The molecule has 1 saturated heterocycles. The van der Waals surface area contributed by atoms with Crippen LogP contribution in [0.5, 0.6) is 0 Å². The summed E-state index contributed by atoms with van der Waals surface area (Å²) in [6.45, 7) is 1.38. The quantitative estimate of drug-likeness (QED) is 0.866. The Hall–Kier alpha value is -2.08. The number of benzene rings is 1. The maximum Gasteiger partial charge on any atom is 0.410 e. The number of rotatable bonds is 5. The topological polar surface area (TPSA) is 92.9 Å². The van der Waals surface area contributed by atoms with E-state index in [1.165, 1.54) is 0 Å². The molecule has 1 fully saturated rings. The molecule has 0 aromatic heterocycles. The second-order valence-corrected chi connectivity index (χ2v) is 5.63. The molecule has 6 heteroatoms. The molecule has 2 rings (SSSR count). The Labute approximate surface area is 129 Å². The van der Waals surface area contributed by atoms with Crippen LogP contribution in [-0.2, 0) is 16.1 Å². The van der Waals surface area contributed by atoms with Crippen molar-refractivity contribution in [3.63, 3.8) is 0 Å². The van der Waals surface area contributed by atoms with Crippen LogP contribution in [0.3, 0.4) is 0 Å². The third-order valence-electron chi connectivity index (χ3n) is 4.02. The number of ether oxygens (including phenoxy) is 1. The molecule has 1 heterocycles. The third kappa shape index (κ3) is 4.73. The van der Waals surface area contributed by atoms with E-state index in [1.807, 2.05) is 30.3 Å². The molecule has 1 aromatic rings. The number of hydrogen-bond acceptors (Lipinski definition) is 4. The normalized spacial score (nSPS) is 17.0. The first-order chi connectivity index (χ1) is 10.6. The number of aliphatic carboxylic acids is 1. The van der Waals surface area contributed by atoms with Gasteiger partial charge in [0.05, 0.1) is 6.42 Å². The van der Waals surface area contributed by atoms with E-state index >= 15 is 0 Å². The zero-order chi connectivity index (χ0) is 15.9. The number of carbonyl (C=O) groups is 2. The molecule has 0 bridgehead atoms. The largest absolute Gasteiger partial charge is 0.481 e. The van der Waals surface area contributed by atoms with E-state index in [9.17, 15) is 9.59 Å². The van der Waals surface area contributed by atoms with Crippen LogP contribution in [0.15, 0.2) is 30.3 Å². The van der Waals surface area contributed by atoms with Crippen molar-refractivity contribution < 1.29 is 19.4 Å². The lowest BCUT2D eigenvalue weighted by molar-refractivity contribution is -0.137. The molecule has 22 heavy (non-hydrogen) atoms. The van der Waals surface area contributed by atoms with Gasteiger partial charge in [-0.15, -0.1) is 0 Å². The van der Waals surface area contributed by atoms with Crippen LogP contribution >= 0.6 is 0 Å². The molecule has 120 valence electrons. The number of nitrogens with zero attached hydrogens (tertiary/aromatic N) is 1. The minimum Gasteiger partial charge on any atom is -0.481 e. The number of carboxylic acids is 1. The Bertz CT molecular complexity index is 498. The van der Waals surface area contributed by atoms with Crippen molar-refractivity contribution in [3.05, 3.63) is 35.9 Å². The molecule has 1 amide bonds. The van der Waals surface area contributed by atoms with Gasteiger partial charge in [0.25, 0.3) is 0 Å². The molecule has 1 aromatic carbocycles. The van der Waals surface area contributed by atoms with Gasteiger partial charge in [0.1, 0.15) is 6.61 Å². The zero-order valence-electron chi connectivity index (χ0n) is 12.5. The first-order valence-corrected chi connectivity index (χ1v) is 7.49. The minimum atomic E-state index is -0.878. The Kier molecular flexibility index (Phi) is 5.77. The van der Waals surface area contributed by atoms with Crippen molar-refractivity contribution in [2.75, 3.05) is 13.1 Å². The highest BCUT2D eigenvalue weighted by Crippen LogP contribution is 2.22. The summed E-state index contributed by atoms with van der Waals surface area (Å²) < 4.78 is 5.29. The molecule has 1 aliphatic heterocycles. The molecule has 3 N–H and O–H groups in total. The van der Waals surface area contributed by atoms with Gasteiger partial charge in [-0.2, -0.15) is 0 Å². The number of nitrogens with two attached hydrogens (primary N) is 1. The molecule has 1 aliphatic rings. The lowest BCUT2D eigenvalue weighted by Crippen LogP contribution is -2.44. The fraction of sp³-hybridized carbons (Fsp3) is 0.500. The van der Waals surface area contributed by atoms with E-state index in [2.05, 4.69) is 0 Å². The summed E-state index contributed by atoms with van der Waals surface area (Å²) in [6.07, 6.45) is 1.08. The fourth-order valence-electron chi connectivity index (χ4n) is 2.69. The van der Waals surface area contributed by atoms with E-state index in [-0.39, 0.29) is 31.1 Å². The van der Waals surface area contributed by atoms with Gasteiger partial charge in [0.2, 0.25) is 0 Å². The summed E-state index contributed by atoms with van der Waals surface area (Å²) in [4.78, 5) is 24.3. The van der Waals surface area contributed by atoms with E-state index in [4.69, 9.17) is 15.6 Å². The molecular formula is C16H22N2O4. The van der Waals surface area contributed by atoms with E-state index in [1.54, 1.807) is 4.90 Å². The van der Waals surface area contributed by atoms with Gasteiger partial charge in [0, 0.05) is 19.1 Å². The molecule has 0 spiro atoms. The van der Waals surface area contributed by atoms with Crippen LogP contribution in [-0.4, -0.2) is 41.2 Å². The number of carbonyl (C=O) groups excluding carboxylic acids is 1. The van der Waals surface area contributed by atoms with Gasteiger partial charge in [-0.25, -0.2) is 4.79 Å². The molecule has 1 atom stereocenters. The Morgan fingerprint density at radius 1 is 1.27 bits per heavy atom. The number of amides is 1. The number of piperidine rings is 1. The summed E-state index contributed by atoms with van der Waals surface area (Å²) in [5.74, 6) is -0.730. The molecule has 0 aliphatic carbocycles. The van der Waals surface area contributed by atoms with Crippen LogP contribution in [0.2, 0.25) is 0 Å². The van der Waals surface area contributed by atoms with Crippen molar-refractivity contribution in [1.29, 1.82) is 0 Å². The number of hydrogen-bond donors (Lipinski definition) is 2. The number of likely N-dealkylation sites (tertiary alicyclic amines) is 1. The van der Waals surface area contributed by atoms with E-state index in [0.29, 0.717) is 13.1 Å². The van der Waals surface area contributed by atoms with Gasteiger partial charge in [-0.3, -0.25) is 4.79 Å². The summed E-state index contributed by atoms with van der Waals surface area (Å²) in [5, 5.41) is 8.77. The predicted molar refractivity (Wildman–Crippen MR) is 81.2 cm³/mol. The predicted octanol–water partition coefficient (Wildman–Crippen LogP) is 1.84. The number of carboxylic acid groups (broad SMARTS) is 1. The van der Waals surface area contributed by atoms with Crippen LogP contribution in [0.1, 0.15) is 24.8 Å². The van der Waals surface area contributed by atoms with Crippen molar-refractivity contribution in [3.8, 4) is 0 Å². The standard InChI is InChI=1S/C16H22N2O4/c17-14(10-15(19)20)13-6-8-18(9-7-13)16(21)22-11-12-4-2-1-3-5-12/h1-5,13-14H,6-11,17H2,(H,19,20)/t14-/m1/s1. The summed E-state index contributed by atoms with van der Waals surface area (Å²) in [6, 6.07) is 9.18. The van der Waals surface area contributed by atoms with Gasteiger partial charge >= 0.3 is 12.1 Å². The average Bonchev–Trinajstić information content (AvgIpc) is 2.53. The first kappa shape index (κ1) is 16.3. The van der Waals surface area contributed by atoms with Crippen molar-refractivity contribution in [1.82, 2.24) is 4.90 Å². The van der Waals surface area contributed by atoms with Crippen molar-refractivity contribution in [2.24, 2.45) is 11.7 Å². The Balaban J connectivity index is 1.74. The van der Waals surface area contributed by atoms with Crippen molar-refractivity contribution >= 4 is 12.1 Å². The van der Waals surface area contributed by atoms with Crippen LogP contribution in [0.4, 0.5) is 4.79 Å². The SMILES string of the molecule is N[C@H](CC(=O)O)C1CCN(C(=O)OCc2ccccc2)CC1. The first-order valence-electron chi connectivity index (χ1n) is 7.49. The molecule has 0 unspecified atom stereocenters. The minimum absolute atomic E-state index is 0.0247. The van der Waals surface area contributed by atoms with Crippen LogP contribution < -0.4 is 5.73 Å². The lowest BCUT2D eigenvalue weighted by atomic mass is 9.88. The van der Waals surface area contributed by atoms with Gasteiger partial charge in [-0.1, -0.05) is 30.3 Å². The fourth-order valence-corrected chi connectivity index (χ4v) is 2.69. The smallest absolute Gasteiger partial charge is 0.410 e. The van der Waals surface area contributed by atoms with Gasteiger partial charge < -0.3 is 20.5 Å². The average molecular weight is 306 g/mol. The van der Waals surface area contributed by atoms with E-state index in [0.717, 1.165) is 18.4 Å². The summed E-state index contributed by atoms with van der Waals surface area (Å²) in [5.41, 5.74) is 6.84. The molecule has 0 saturated carbocycles. The highest BCUT2D eigenvalue weighted by atomic mass is 16.6. The highest BCUT2D eigenvalue weighted by molar-refractivity contribution is 5.68. The lowest BCUT2D eigenvalue weighted by Gasteiger charge is -2.33. The maximum atomic E-state index is 12.0. The molecular weight excluding hydrogens is 284 g/mol. The van der Waals surface area contributed by atoms with Gasteiger partial charge in [-0.05, 0) is 24.3 Å².